The quantitative estimate of drug-likeness (QED) is 0.800. The lowest BCUT2D eigenvalue weighted by Gasteiger charge is -2.22. The predicted octanol–water partition coefficient (Wildman–Crippen LogP) is 1.44. The maximum Gasteiger partial charge on any atom is 0.239 e. The highest BCUT2D eigenvalue weighted by Crippen LogP contribution is 2.30. The molecule has 1 unspecified atom stereocenters. The van der Waals surface area contributed by atoms with Crippen LogP contribution in [0.5, 0.6) is 5.75 Å². The molecule has 6 heteroatoms. The summed E-state index contributed by atoms with van der Waals surface area (Å²) in [5.41, 5.74) is 6.42. The minimum atomic E-state index is -0.584. The number of hydrogen-bond acceptors (Lipinski definition) is 4. The van der Waals surface area contributed by atoms with E-state index in [9.17, 15) is 9.50 Å². The van der Waals surface area contributed by atoms with Gasteiger partial charge < -0.3 is 10.8 Å². The number of hydrogen-bond donors (Lipinski definition) is 2. The zero-order chi connectivity index (χ0) is 12.7. The van der Waals surface area contributed by atoms with E-state index in [2.05, 4.69) is 10.1 Å². The van der Waals surface area contributed by atoms with Crippen molar-refractivity contribution in [1.29, 1.82) is 0 Å². The molecule has 0 amide bonds. The van der Waals surface area contributed by atoms with Crippen molar-refractivity contribution in [3.05, 3.63) is 35.4 Å². The summed E-state index contributed by atoms with van der Waals surface area (Å²) in [6.07, 6.45) is 1.55. The van der Waals surface area contributed by atoms with Gasteiger partial charge in [0.25, 0.3) is 0 Å². The number of phenols is 1. The Morgan fingerprint density at radius 3 is 3.06 bits per heavy atom. The van der Waals surface area contributed by atoms with E-state index < -0.39 is 5.82 Å². The van der Waals surface area contributed by atoms with Crippen molar-refractivity contribution in [3.63, 3.8) is 0 Å². The first-order valence-corrected chi connectivity index (χ1v) is 5.81. The topological polar surface area (TPSA) is 77.0 Å². The number of nitrogens with zero attached hydrogens (tertiary/aromatic N) is 3. The highest BCUT2D eigenvalue weighted by Gasteiger charge is 2.23. The molecule has 0 bridgehead atoms. The third-order valence-electron chi connectivity index (χ3n) is 3.33. The first-order valence-electron chi connectivity index (χ1n) is 5.81. The molecule has 1 atom stereocenters. The minimum absolute atomic E-state index is 0.191. The Balaban J connectivity index is 1.89. The van der Waals surface area contributed by atoms with Crippen molar-refractivity contribution in [1.82, 2.24) is 14.8 Å². The van der Waals surface area contributed by atoms with Gasteiger partial charge in [-0.2, -0.15) is 4.98 Å². The molecule has 3 rings (SSSR count). The molecule has 94 valence electrons. The van der Waals surface area contributed by atoms with Crippen molar-refractivity contribution in [2.45, 2.75) is 25.3 Å². The summed E-state index contributed by atoms with van der Waals surface area (Å²) in [4.78, 5) is 4.15. The number of nitrogens with two attached hydrogens (primary N) is 1. The molecule has 0 fully saturated rings. The Morgan fingerprint density at radius 1 is 1.44 bits per heavy atom. The summed E-state index contributed by atoms with van der Waals surface area (Å²) in [5.74, 6) is 0.400. The van der Waals surface area contributed by atoms with Gasteiger partial charge in [0.2, 0.25) is 5.95 Å². The summed E-state index contributed by atoms with van der Waals surface area (Å²) in [6.45, 7) is 0.729. The number of aromatic hydroxyl groups is 1. The van der Waals surface area contributed by atoms with Gasteiger partial charge in [0, 0.05) is 13.0 Å². The second kappa shape index (κ2) is 3.97. The van der Waals surface area contributed by atoms with Crippen LogP contribution in [0.3, 0.4) is 0 Å². The first-order chi connectivity index (χ1) is 8.63. The van der Waals surface area contributed by atoms with Gasteiger partial charge in [-0.1, -0.05) is 6.07 Å². The fraction of sp³-hybridized carbons (Fsp3) is 0.333. The van der Waals surface area contributed by atoms with Gasteiger partial charge >= 0.3 is 0 Å². The van der Waals surface area contributed by atoms with Crippen molar-refractivity contribution >= 4 is 5.95 Å². The largest absolute Gasteiger partial charge is 0.505 e. The normalized spacial score (nSPS) is 18.6. The molecule has 2 heterocycles. The molecule has 1 aliphatic heterocycles. The Labute approximate surface area is 103 Å². The van der Waals surface area contributed by atoms with E-state index >= 15 is 0 Å². The number of anilines is 1. The molecule has 0 saturated carbocycles. The van der Waals surface area contributed by atoms with Crippen LogP contribution in [0.15, 0.2) is 18.2 Å². The summed E-state index contributed by atoms with van der Waals surface area (Å²) < 4.78 is 15.1. The van der Waals surface area contributed by atoms with E-state index in [0.717, 1.165) is 24.4 Å². The van der Waals surface area contributed by atoms with Crippen molar-refractivity contribution < 1.29 is 9.50 Å². The molecule has 0 spiro atoms. The van der Waals surface area contributed by atoms with E-state index in [0.29, 0.717) is 6.42 Å². The summed E-state index contributed by atoms with van der Waals surface area (Å²) in [7, 11) is 0. The fourth-order valence-electron chi connectivity index (χ4n) is 2.39. The second-order valence-electron chi connectivity index (χ2n) is 4.51. The molecule has 0 saturated heterocycles. The van der Waals surface area contributed by atoms with Crippen LogP contribution >= 0.6 is 0 Å². The Morgan fingerprint density at radius 2 is 2.28 bits per heavy atom. The molecule has 1 aliphatic rings. The van der Waals surface area contributed by atoms with E-state index in [1.807, 2.05) is 0 Å². The summed E-state index contributed by atoms with van der Waals surface area (Å²) >= 11 is 0. The van der Waals surface area contributed by atoms with Gasteiger partial charge in [-0.3, -0.25) is 0 Å². The zero-order valence-electron chi connectivity index (χ0n) is 9.67. The highest BCUT2D eigenvalue weighted by molar-refractivity contribution is 5.31. The van der Waals surface area contributed by atoms with Gasteiger partial charge in [0.15, 0.2) is 11.6 Å². The van der Waals surface area contributed by atoms with Crippen LogP contribution in [-0.4, -0.2) is 19.9 Å². The standard InChI is InChI=1S/C12H13FN4O/c13-9-5-7(1-2-10(9)18)8-3-4-17-11(6-8)15-12(14)16-17/h1-2,5,8,18H,3-4,6H2,(H2,14,16). The van der Waals surface area contributed by atoms with E-state index in [1.54, 1.807) is 10.7 Å². The molecule has 0 radical (unpaired) electrons. The lowest BCUT2D eigenvalue weighted by atomic mass is 9.90. The average Bonchev–Trinajstić information content (AvgIpc) is 2.71. The van der Waals surface area contributed by atoms with Crippen LogP contribution in [0.25, 0.3) is 0 Å². The number of nitrogen functional groups attached to an aromatic ring is 1. The van der Waals surface area contributed by atoms with Crippen LogP contribution in [-0.2, 0) is 13.0 Å². The lowest BCUT2D eigenvalue weighted by Crippen LogP contribution is -2.19. The Bertz CT molecular complexity index is 596. The highest BCUT2D eigenvalue weighted by atomic mass is 19.1. The molecule has 2 aromatic rings. The molecule has 1 aromatic carbocycles. The SMILES string of the molecule is Nc1nc2n(n1)CCC(c1ccc(O)c(F)c1)C2. The zero-order valence-corrected chi connectivity index (χ0v) is 9.67. The second-order valence-corrected chi connectivity index (χ2v) is 4.51. The smallest absolute Gasteiger partial charge is 0.239 e. The molecule has 5 nitrogen and oxygen atoms in total. The molecule has 1 aromatic heterocycles. The van der Waals surface area contributed by atoms with Gasteiger partial charge in [-0.05, 0) is 30.0 Å². The number of aryl methyl sites for hydroxylation is 1. The molecule has 3 N–H and O–H groups in total. The van der Waals surface area contributed by atoms with E-state index in [-0.39, 0.29) is 17.6 Å². The van der Waals surface area contributed by atoms with Gasteiger partial charge in [0.1, 0.15) is 5.82 Å². The number of halogens is 1. The van der Waals surface area contributed by atoms with Gasteiger partial charge in [0.05, 0.1) is 0 Å². The maximum absolute atomic E-state index is 13.3. The molecular weight excluding hydrogens is 235 g/mol. The lowest BCUT2D eigenvalue weighted by molar-refractivity contribution is 0.421. The number of benzene rings is 1. The molecule has 18 heavy (non-hydrogen) atoms. The third-order valence-corrected chi connectivity index (χ3v) is 3.33. The maximum atomic E-state index is 13.3. The Hall–Kier alpha value is -2.11. The summed E-state index contributed by atoms with van der Waals surface area (Å²) in [5, 5.41) is 13.3. The Kier molecular flexibility index (Phi) is 2.43. The van der Waals surface area contributed by atoms with Crippen LogP contribution in [0, 0.1) is 5.82 Å². The van der Waals surface area contributed by atoms with E-state index in [1.165, 1.54) is 12.1 Å². The predicted molar refractivity (Wildman–Crippen MR) is 63.6 cm³/mol. The van der Waals surface area contributed by atoms with Gasteiger partial charge in [-0.15, -0.1) is 5.10 Å². The fourth-order valence-corrected chi connectivity index (χ4v) is 2.39. The average molecular weight is 248 g/mol. The minimum Gasteiger partial charge on any atom is -0.505 e. The monoisotopic (exact) mass is 248 g/mol. The van der Waals surface area contributed by atoms with Crippen molar-refractivity contribution in [2.24, 2.45) is 0 Å². The van der Waals surface area contributed by atoms with Crippen LogP contribution in [0.4, 0.5) is 10.3 Å². The molecular formula is C12H13FN4O. The van der Waals surface area contributed by atoms with Crippen LogP contribution in [0.1, 0.15) is 23.7 Å². The number of aromatic nitrogens is 3. The van der Waals surface area contributed by atoms with Crippen molar-refractivity contribution in [3.8, 4) is 5.75 Å². The molecule has 0 aliphatic carbocycles. The van der Waals surface area contributed by atoms with Crippen molar-refractivity contribution in [2.75, 3.05) is 5.73 Å². The summed E-state index contributed by atoms with van der Waals surface area (Å²) in [6, 6.07) is 4.52. The third kappa shape index (κ3) is 1.79. The number of fused-ring (bicyclic) bond motifs is 1. The van der Waals surface area contributed by atoms with Crippen LogP contribution < -0.4 is 5.73 Å². The number of phenolic OH excluding ortho intramolecular Hbond substituents is 1. The van der Waals surface area contributed by atoms with E-state index in [4.69, 9.17) is 5.73 Å². The first kappa shape index (κ1) is 11.0. The van der Waals surface area contributed by atoms with Gasteiger partial charge in [-0.25, -0.2) is 9.07 Å². The number of rotatable bonds is 1. The van der Waals surface area contributed by atoms with Crippen LogP contribution in [0.2, 0.25) is 0 Å².